The number of benzene rings is 2. The van der Waals surface area contributed by atoms with Gasteiger partial charge in [0.05, 0.1) is 18.0 Å². The first kappa shape index (κ1) is 26.2. The fourth-order valence-electron chi connectivity index (χ4n) is 4.69. The van der Waals surface area contributed by atoms with Crippen LogP contribution in [0.4, 0.5) is 26.4 Å². The van der Waals surface area contributed by atoms with Crippen LogP contribution in [0.2, 0.25) is 0 Å². The number of hydrogen-bond donors (Lipinski definition) is 4. The van der Waals surface area contributed by atoms with Gasteiger partial charge in [0.2, 0.25) is 5.82 Å². The summed E-state index contributed by atoms with van der Waals surface area (Å²) >= 11 is 0. The van der Waals surface area contributed by atoms with E-state index in [-0.39, 0.29) is 11.7 Å². The molecule has 5 rings (SSSR count). The first-order valence-corrected chi connectivity index (χ1v) is 12.8. The second-order valence-corrected chi connectivity index (χ2v) is 9.11. The van der Waals surface area contributed by atoms with Crippen molar-refractivity contribution < 1.29 is 13.9 Å². The Morgan fingerprint density at radius 2 is 1.85 bits per heavy atom. The molecule has 0 bridgehead atoms. The first-order valence-electron chi connectivity index (χ1n) is 12.8. The van der Waals surface area contributed by atoms with Crippen LogP contribution in [0.5, 0.6) is 0 Å². The summed E-state index contributed by atoms with van der Waals surface area (Å²) in [6.45, 7) is 2.96. The van der Waals surface area contributed by atoms with Crippen LogP contribution < -0.4 is 20.9 Å². The van der Waals surface area contributed by atoms with Crippen LogP contribution in [0.3, 0.4) is 0 Å². The second kappa shape index (κ2) is 12.4. The molecule has 11 nitrogen and oxygen atoms in total. The van der Waals surface area contributed by atoms with Gasteiger partial charge in [0, 0.05) is 42.6 Å². The van der Waals surface area contributed by atoms with E-state index in [1.54, 1.807) is 25.3 Å². The molecule has 0 aliphatic carbocycles. The standard InChI is InChI=1S/C27H30FN9O2/c1-39-15-14-37(19-10-12-29-13-11-19)25-17-18(30-27(38)32-23-9-5-4-8-22(23)28)16-24(31-25)20-6-2-3-7-21(20)26-33-35-36-34-26/h2-9,16-17,19,29H,10-15H2,1H3,(H2,30,31,32,38)(H,33,34,35,36). The van der Waals surface area contributed by atoms with Crippen molar-refractivity contribution in [3.8, 4) is 22.6 Å². The first-order chi connectivity index (χ1) is 19.1. The highest BCUT2D eigenvalue weighted by atomic mass is 19.1. The lowest BCUT2D eigenvalue weighted by atomic mass is 10.0. The van der Waals surface area contributed by atoms with Gasteiger partial charge in [-0.3, -0.25) is 0 Å². The summed E-state index contributed by atoms with van der Waals surface area (Å²) in [5.74, 6) is 0.606. The summed E-state index contributed by atoms with van der Waals surface area (Å²) in [6, 6.07) is 16.9. The maximum absolute atomic E-state index is 14.2. The Labute approximate surface area is 225 Å². The number of ether oxygens (including phenoxy) is 1. The van der Waals surface area contributed by atoms with E-state index >= 15 is 0 Å². The van der Waals surface area contributed by atoms with Crippen molar-refractivity contribution in [1.29, 1.82) is 0 Å². The minimum atomic E-state index is -0.569. The number of hydrogen-bond acceptors (Lipinski definition) is 8. The minimum Gasteiger partial charge on any atom is -0.383 e. The molecule has 2 aromatic carbocycles. The quantitative estimate of drug-likeness (QED) is 0.256. The largest absolute Gasteiger partial charge is 0.383 e. The molecule has 39 heavy (non-hydrogen) atoms. The van der Waals surface area contributed by atoms with Gasteiger partial charge in [-0.25, -0.2) is 14.2 Å². The fraction of sp³-hybridized carbons (Fsp3) is 0.296. The number of nitrogens with one attached hydrogen (secondary N) is 4. The van der Waals surface area contributed by atoms with E-state index in [0.29, 0.717) is 36.2 Å². The van der Waals surface area contributed by atoms with Crippen LogP contribution in [-0.2, 0) is 4.74 Å². The Kier molecular flexibility index (Phi) is 8.34. The Balaban J connectivity index is 1.55. The van der Waals surface area contributed by atoms with Crippen molar-refractivity contribution >= 4 is 23.2 Å². The number of aromatic amines is 1. The molecule has 1 aliphatic heterocycles. The lowest BCUT2D eigenvalue weighted by Crippen LogP contribution is -2.45. The van der Waals surface area contributed by atoms with Crippen LogP contribution in [0.1, 0.15) is 12.8 Å². The second-order valence-electron chi connectivity index (χ2n) is 9.11. The molecule has 0 saturated carbocycles. The molecule has 1 saturated heterocycles. The topological polar surface area (TPSA) is 133 Å². The SMILES string of the molecule is COCCN(c1cc(NC(=O)Nc2ccccc2F)cc(-c2ccccc2-c2nn[nH]n2)n1)C1CCNCC1. The van der Waals surface area contributed by atoms with Gasteiger partial charge in [-0.15, -0.1) is 10.2 Å². The van der Waals surface area contributed by atoms with Crippen molar-refractivity contribution in [2.45, 2.75) is 18.9 Å². The molecule has 0 spiro atoms. The normalized spacial score (nSPS) is 13.7. The number of rotatable bonds is 9. The molecule has 1 fully saturated rings. The number of pyridine rings is 1. The molecule has 4 aromatic rings. The number of piperidine rings is 1. The zero-order valence-electron chi connectivity index (χ0n) is 21.5. The van der Waals surface area contributed by atoms with Crippen molar-refractivity contribution in [2.24, 2.45) is 0 Å². The molecule has 1 aliphatic rings. The van der Waals surface area contributed by atoms with Crippen molar-refractivity contribution in [3.05, 3.63) is 66.5 Å². The Morgan fingerprint density at radius 1 is 1.08 bits per heavy atom. The monoisotopic (exact) mass is 531 g/mol. The van der Waals surface area contributed by atoms with E-state index in [1.165, 1.54) is 12.1 Å². The van der Waals surface area contributed by atoms with Crippen molar-refractivity contribution in [1.82, 2.24) is 30.9 Å². The molecule has 12 heteroatoms. The highest BCUT2D eigenvalue weighted by Crippen LogP contribution is 2.33. The number of carbonyl (C=O) groups is 1. The number of H-pyrrole nitrogens is 1. The van der Waals surface area contributed by atoms with Gasteiger partial charge < -0.3 is 25.6 Å². The summed E-state index contributed by atoms with van der Waals surface area (Å²) in [5, 5.41) is 23.3. The molecule has 3 heterocycles. The number of tetrazole rings is 1. The fourth-order valence-corrected chi connectivity index (χ4v) is 4.69. The number of amides is 2. The van der Waals surface area contributed by atoms with Crippen molar-refractivity contribution in [2.75, 3.05) is 48.9 Å². The van der Waals surface area contributed by atoms with Gasteiger partial charge in [-0.05, 0) is 49.3 Å². The smallest absolute Gasteiger partial charge is 0.323 e. The number of aromatic nitrogens is 5. The average Bonchev–Trinajstić information content (AvgIpc) is 3.50. The highest BCUT2D eigenvalue weighted by molar-refractivity contribution is 6.00. The lowest BCUT2D eigenvalue weighted by Gasteiger charge is -2.36. The number of urea groups is 1. The van der Waals surface area contributed by atoms with E-state index in [0.717, 1.165) is 37.1 Å². The summed E-state index contributed by atoms with van der Waals surface area (Å²) in [5.41, 5.74) is 2.72. The van der Waals surface area contributed by atoms with Crippen LogP contribution in [0.15, 0.2) is 60.7 Å². The third kappa shape index (κ3) is 6.36. The van der Waals surface area contributed by atoms with Crippen molar-refractivity contribution in [3.63, 3.8) is 0 Å². The summed E-state index contributed by atoms with van der Waals surface area (Å²) in [6.07, 6.45) is 1.90. The van der Waals surface area contributed by atoms with Crippen LogP contribution in [0.25, 0.3) is 22.6 Å². The predicted molar refractivity (Wildman–Crippen MR) is 147 cm³/mol. The zero-order valence-corrected chi connectivity index (χ0v) is 21.5. The number of methoxy groups -OCH3 is 1. The summed E-state index contributed by atoms with van der Waals surface area (Å²) in [7, 11) is 1.67. The maximum atomic E-state index is 14.2. The molecular weight excluding hydrogens is 501 g/mol. The lowest BCUT2D eigenvalue weighted by molar-refractivity contribution is 0.201. The summed E-state index contributed by atoms with van der Waals surface area (Å²) < 4.78 is 19.6. The van der Waals surface area contributed by atoms with Gasteiger partial charge in [0.1, 0.15) is 11.6 Å². The van der Waals surface area contributed by atoms with E-state index in [2.05, 4.69) is 41.5 Å². The molecule has 0 atom stereocenters. The van der Waals surface area contributed by atoms with Gasteiger partial charge in [-0.2, -0.15) is 5.21 Å². The number of nitrogens with zero attached hydrogens (tertiary/aromatic N) is 5. The molecule has 0 radical (unpaired) electrons. The average molecular weight is 532 g/mol. The molecule has 4 N–H and O–H groups in total. The Hall–Kier alpha value is -4.42. The highest BCUT2D eigenvalue weighted by Gasteiger charge is 2.24. The zero-order chi connectivity index (χ0) is 27.0. The van der Waals surface area contributed by atoms with E-state index in [9.17, 15) is 9.18 Å². The maximum Gasteiger partial charge on any atom is 0.323 e. The van der Waals surface area contributed by atoms with E-state index in [1.807, 2.05) is 30.3 Å². The number of halogens is 1. The molecular formula is C27H30FN9O2. The van der Waals surface area contributed by atoms with E-state index in [4.69, 9.17) is 9.72 Å². The van der Waals surface area contributed by atoms with E-state index < -0.39 is 11.8 Å². The molecule has 202 valence electrons. The van der Waals surface area contributed by atoms with Crippen LogP contribution in [-0.4, -0.2) is 71.0 Å². The van der Waals surface area contributed by atoms with Crippen LogP contribution in [0, 0.1) is 5.82 Å². The molecule has 2 amide bonds. The van der Waals surface area contributed by atoms with Gasteiger partial charge in [-0.1, -0.05) is 36.4 Å². The van der Waals surface area contributed by atoms with Gasteiger partial charge in [0.15, 0.2) is 0 Å². The third-order valence-corrected chi connectivity index (χ3v) is 6.56. The van der Waals surface area contributed by atoms with Gasteiger partial charge in [0.25, 0.3) is 0 Å². The minimum absolute atomic E-state index is 0.0865. The molecule has 2 aromatic heterocycles. The molecule has 0 unspecified atom stereocenters. The van der Waals surface area contributed by atoms with Gasteiger partial charge >= 0.3 is 6.03 Å². The number of carbonyl (C=O) groups excluding carboxylic acids is 1. The predicted octanol–water partition coefficient (Wildman–Crippen LogP) is 3.92. The number of anilines is 3. The number of para-hydroxylation sites is 1. The summed E-state index contributed by atoms with van der Waals surface area (Å²) in [4.78, 5) is 20.2. The Morgan fingerprint density at radius 3 is 2.59 bits per heavy atom. The van der Waals surface area contributed by atoms with Crippen LogP contribution >= 0.6 is 0 Å². The third-order valence-electron chi connectivity index (χ3n) is 6.56. The Bertz CT molecular complexity index is 1390.